The molecule has 94 valence electrons. The van der Waals surface area contributed by atoms with Crippen LogP contribution in [0.1, 0.15) is 32.3 Å². The van der Waals surface area contributed by atoms with E-state index in [0.717, 1.165) is 6.42 Å². The number of pyridine rings is 1. The van der Waals surface area contributed by atoms with E-state index in [4.69, 9.17) is 9.26 Å². The van der Waals surface area contributed by atoms with Crippen molar-refractivity contribution < 1.29 is 9.26 Å². The standard InChI is InChI=1S/C13H15N3O2/c1-8-7-9(2)17-11(8)13-15-12(16-18-13)10-5-3-4-6-14-10/h3-6,8-9,11H,7H2,1-2H3. The summed E-state index contributed by atoms with van der Waals surface area (Å²) in [6.45, 7) is 4.20. The molecule has 0 aromatic carbocycles. The third-order valence-corrected chi connectivity index (χ3v) is 3.18. The summed E-state index contributed by atoms with van der Waals surface area (Å²) < 4.78 is 11.1. The first kappa shape index (κ1) is 11.3. The zero-order chi connectivity index (χ0) is 12.5. The largest absolute Gasteiger partial charge is 0.365 e. The van der Waals surface area contributed by atoms with Crippen LogP contribution < -0.4 is 0 Å². The molecule has 1 aliphatic rings. The van der Waals surface area contributed by atoms with Crippen LogP contribution in [0.5, 0.6) is 0 Å². The van der Waals surface area contributed by atoms with E-state index < -0.39 is 0 Å². The van der Waals surface area contributed by atoms with Crippen LogP contribution in [0.3, 0.4) is 0 Å². The molecule has 2 aromatic heterocycles. The molecule has 1 fully saturated rings. The van der Waals surface area contributed by atoms with E-state index in [1.165, 1.54) is 0 Å². The van der Waals surface area contributed by atoms with Crippen LogP contribution in [0.4, 0.5) is 0 Å². The van der Waals surface area contributed by atoms with Gasteiger partial charge in [0.05, 0.1) is 6.10 Å². The molecule has 18 heavy (non-hydrogen) atoms. The van der Waals surface area contributed by atoms with Gasteiger partial charge in [-0.3, -0.25) is 4.98 Å². The molecule has 0 bridgehead atoms. The molecule has 1 aliphatic heterocycles. The third-order valence-electron chi connectivity index (χ3n) is 3.18. The van der Waals surface area contributed by atoms with Crippen molar-refractivity contribution in [3.63, 3.8) is 0 Å². The zero-order valence-corrected chi connectivity index (χ0v) is 10.4. The smallest absolute Gasteiger partial charge is 0.256 e. The van der Waals surface area contributed by atoms with Gasteiger partial charge in [-0.25, -0.2) is 0 Å². The van der Waals surface area contributed by atoms with Gasteiger partial charge >= 0.3 is 0 Å². The number of hydrogen-bond acceptors (Lipinski definition) is 5. The number of ether oxygens (including phenoxy) is 1. The number of nitrogens with zero attached hydrogens (tertiary/aromatic N) is 3. The molecule has 0 spiro atoms. The summed E-state index contributed by atoms with van der Waals surface area (Å²) in [4.78, 5) is 8.58. The van der Waals surface area contributed by atoms with Crippen molar-refractivity contribution in [1.82, 2.24) is 15.1 Å². The number of aromatic nitrogens is 3. The molecule has 3 heterocycles. The maximum atomic E-state index is 5.79. The van der Waals surface area contributed by atoms with Gasteiger partial charge in [-0.05, 0) is 31.4 Å². The Bertz CT molecular complexity index is 526. The first-order valence-corrected chi connectivity index (χ1v) is 6.14. The lowest BCUT2D eigenvalue weighted by Gasteiger charge is -2.08. The van der Waals surface area contributed by atoms with Crippen LogP contribution in [-0.4, -0.2) is 21.2 Å². The predicted molar refractivity (Wildman–Crippen MR) is 64.6 cm³/mol. The van der Waals surface area contributed by atoms with Crippen molar-refractivity contribution in [2.45, 2.75) is 32.5 Å². The van der Waals surface area contributed by atoms with E-state index >= 15 is 0 Å². The highest BCUT2D eigenvalue weighted by atomic mass is 16.5. The van der Waals surface area contributed by atoms with Gasteiger partial charge in [-0.2, -0.15) is 4.98 Å². The molecular weight excluding hydrogens is 230 g/mol. The molecule has 0 saturated carbocycles. The Kier molecular flexibility index (Phi) is 2.83. The average molecular weight is 245 g/mol. The lowest BCUT2D eigenvalue weighted by Crippen LogP contribution is -2.04. The lowest BCUT2D eigenvalue weighted by molar-refractivity contribution is 0.0243. The highest BCUT2D eigenvalue weighted by Crippen LogP contribution is 2.37. The van der Waals surface area contributed by atoms with E-state index in [2.05, 4.69) is 29.0 Å². The second-order valence-electron chi connectivity index (χ2n) is 4.75. The number of rotatable bonds is 2. The zero-order valence-electron chi connectivity index (χ0n) is 10.4. The van der Waals surface area contributed by atoms with E-state index in [1.807, 2.05) is 18.2 Å². The summed E-state index contributed by atoms with van der Waals surface area (Å²) in [5.41, 5.74) is 0.714. The summed E-state index contributed by atoms with van der Waals surface area (Å²) in [6.07, 6.45) is 2.88. The van der Waals surface area contributed by atoms with Crippen molar-refractivity contribution in [2.75, 3.05) is 0 Å². The molecule has 1 saturated heterocycles. The summed E-state index contributed by atoms with van der Waals surface area (Å²) in [6, 6.07) is 5.61. The van der Waals surface area contributed by atoms with Gasteiger partial charge in [0.2, 0.25) is 5.82 Å². The van der Waals surface area contributed by atoms with E-state index in [1.54, 1.807) is 6.20 Å². The van der Waals surface area contributed by atoms with E-state index in [9.17, 15) is 0 Å². The van der Waals surface area contributed by atoms with Gasteiger partial charge in [0, 0.05) is 6.20 Å². The van der Waals surface area contributed by atoms with Crippen molar-refractivity contribution in [3.05, 3.63) is 30.3 Å². The molecule has 0 N–H and O–H groups in total. The van der Waals surface area contributed by atoms with E-state index in [-0.39, 0.29) is 12.2 Å². The summed E-state index contributed by atoms with van der Waals surface area (Å²) in [5, 5.41) is 3.96. The Morgan fingerprint density at radius 1 is 1.28 bits per heavy atom. The fourth-order valence-electron chi connectivity index (χ4n) is 2.34. The summed E-state index contributed by atoms with van der Waals surface area (Å²) in [5.74, 6) is 1.46. The molecule has 3 atom stereocenters. The Labute approximate surface area is 105 Å². The van der Waals surface area contributed by atoms with Crippen LogP contribution >= 0.6 is 0 Å². The minimum atomic E-state index is -0.0926. The molecule has 0 amide bonds. The Balaban J connectivity index is 1.86. The monoisotopic (exact) mass is 245 g/mol. The fraction of sp³-hybridized carbons (Fsp3) is 0.462. The summed E-state index contributed by atoms with van der Waals surface area (Å²) >= 11 is 0. The van der Waals surface area contributed by atoms with Gasteiger partial charge in [-0.15, -0.1) is 0 Å². The van der Waals surface area contributed by atoms with Crippen LogP contribution in [0.15, 0.2) is 28.9 Å². The highest BCUT2D eigenvalue weighted by Gasteiger charge is 2.35. The Morgan fingerprint density at radius 2 is 2.17 bits per heavy atom. The Hall–Kier alpha value is -1.75. The molecule has 0 aliphatic carbocycles. The van der Waals surface area contributed by atoms with Gasteiger partial charge in [-0.1, -0.05) is 18.1 Å². The minimum absolute atomic E-state index is 0.0926. The Morgan fingerprint density at radius 3 is 2.83 bits per heavy atom. The molecule has 0 radical (unpaired) electrons. The minimum Gasteiger partial charge on any atom is -0.365 e. The van der Waals surface area contributed by atoms with Gasteiger partial charge < -0.3 is 9.26 Å². The second kappa shape index (κ2) is 4.49. The molecule has 2 aromatic rings. The van der Waals surface area contributed by atoms with Gasteiger partial charge in [0.1, 0.15) is 11.8 Å². The van der Waals surface area contributed by atoms with E-state index in [0.29, 0.717) is 23.3 Å². The van der Waals surface area contributed by atoms with Crippen LogP contribution in [0.2, 0.25) is 0 Å². The molecular formula is C13H15N3O2. The van der Waals surface area contributed by atoms with Crippen LogP contribution in [0.25, 0.3) is 11.5 Å². The molecule has 3 rings (SSSR count). The normalized spacial score (nSPS) is 27.6. The maximum Gasteiger partial charge on any atom is 0.256 e. The van der Waals surface area contributed by atoms with Crippen molar-refractivity contribution in [3.8, 4) is 11.5 Å². The predicted octanol–water partition coefficient (Wildman–Crippen LogP) is 2.62. The van der Waals surface area contributed by atoms with Crippen molar-refractivity contribution in [2.24, 2.45) is 5.92 Å². The topological polar surface area (TPSA) is 61.0 Å². The quantitative estimate of drug-likeness (QED) is 0.813. The van der Waals surface area contributed by atoms with Crippen LogP contribution in [0, 0.1) is 5.92 Å². The molecule has 5 nitrogen and oxygen atoms in total. The first-order chi connectivity index (χ1) is 8.74. The van der Waals surface area contributed by atoms with Crippen LogP contribution in [-0.2, 0) is 4.74 Å². The fourth-order valence-corrected chi connectivity index (χ4v) is 2.34. The molecule has 5 heteroatoms. The lowest BCUT2D eigenvalue weighted by atomic mass is 10.0. The average Bonchev–Trinajstić information content (AvgIpc) is 2.97. The second-order valence-corrected chi connectivity index (χ2v) is 4.75. The maximum absolute atomic E-state index is 5.79. The molecule has 3 unspecified atom stereocenters. The third kappa shape index (κ3) is 2.01. The number of hydrogen-bond donors (Lipinski definition) is 0. The van der Waals surface area contributed by atoms with Crippen molar-refractivity contribution >= 4 is 0 Å². The summed E-state index contributed by atoms with van der Waals surface area (Å²) in [7, 11) is 0. The SMILES string of the molecule is CC1CC(C)C(c2nc(-c3ccccn3)no2)O1. The highest BCUT2D eigenvalue weighted by molar-refractivity contribution is 5.47. The van der Waals surface area contributed by atoms with Gasteiger partial charge in [0.15, 0.2) is 0 Å². The van der Waals surface area contributed by atoms with Gasteiger partial charge in [0.25, 0.3) is 5.89 Å². The first-order valence-electron chi connectivity index (χ1n) is 6.14. The van der Waals surface area contributed by atoms with Crippen molar-refractivity contribution in [1.29, 1.82) is 0 Å².